The minimum absolute atomic E-state index is 0. The fourth-order valence-electron chi connectivity index (χ4n) is 12.4. The Balaban J connectivity index is -0.000000847. The first-order valence-electron chi connectivity index (χ1n) is 39.9. The van der Waals surface area contributed by atoms with Crippen LogP contribution >= 0.6 is 12.6 Å². The van der Waals surface area contributed by atoms with Gasteiger partial charge in [0.2, 0.25) is 0 Å². The number of esters is 4. The molecule has 0 spiro atoms. The number of rotatable bonds is 70. The van der Waals surface area contributed by atoms with E-state index in [2.05, 4.69) is 55.4 Å². The van der Waals surface area contributed by atoms with Crippen molar-refractivity contribution in [1.82, 2.24) is 0 Å². The van der Waals surface area contributed by atoms with Crippen molar-refractivity contribution in [3.8, 4) is 0 Å². The van der Waals surface area contributed by atoms with Crippen molar-refractivity contribution in [2.75, 3.05) is 6.26 Å². The van der Waals surface area contributed by atoms with Crippen LogP contribution in [-0.2, 0) is 65.9 Å². The van der Waals surface area contributed by atoms with Gasteiger partial charge in [0.25, 0.3) is 10.1 Å². The molecule has 0 fully saturated rings. The van der Waals surface area contributed by atoms with E-state index in [9.17, 15) is 27.6 Å². The molecule has 0 saturated carbocycles. The van der Waals surface area contributed by atoms with Gasteiger partial charge in [-0.1, -0.05) is 261 Å². The summed E-state index contributed by atoms with van der Waals surface area (Å²) in [6.07, 6.45) is 63.6. The number of carbonyl (C=O) groups is 4. The molecule has 0 aliphatic heterocycles. The SMILES string of the molecule is CCCCCCCC(CCCCCCC)OC(=O)CCCC(CCCC(=O)OC(CCCCCCC)CCCCCCC)OS(C)(=O)=O.CCCCCCCC(CCCCCCC)OC(=O)CCCC(S)CCCC(=O)OC(CCCCCCC)CCCCCCC.[Na+].[SH-]. The van der Waals surface area contributed by atoms with Crippen LogP contribution in [0.3, 0.4) is 0 Å². The Labute approximate surface area is 618 Å². The van der Waals surface area contributed by atoms with Gasteiger partial charge < -0.3 is 32.4 Å². The van der Waals surface area contributed by atoms with E-state index < -0.39 is 16.2 Å². The first-order valence-corrected chi connectivity index (χ1v) is 42.3. The summed E-state index contributed by atoms with van der Waals surface area (Å²) < 4.78 is 53.1. The Morgan fingerprint density at radius 1 is 0.266 bits per heavy atom. The molecule has 0 aromatic heterocycles. The Hall–Kier alpha value is -0.510. The van der Waals surface area contributed by atoms with Gasteiger partial charge in [-0.25, -0.2) is 0 Å². The van der Waals surface area contributed by atoms with Crippen LogP contribution in [0, 0.1) is 0 Å². The zero-order chi connectivity index (χ0) is 68.2. The topological polar surface area (TPSA) is 149 Å². The maximum absolute atomic E-state index is 12.8. The Morgan fingerprint density at radius 2 is 0.426 bits per heavy atom. The molecule has 0 aromatic carbocycles. The van der Waals surface area contributed by atoms with E-state index in [0.717, 1.165) is 135 Å². The van der Waals surface area contributed by atoms with E-state index in [4.69, 9.17) is 35.8 Å². The summed E-state index contributed by atoms with van der Waals surface area (Å²) in [5.74, 6) is -0.508. The van der Waals surface area contributed by atoms with Crippen molar-refractivity contribution in [2.45, 2.75) is 476 Å². The van der Waals surface area contributed by atoms with Crippen molar-refractivity contribution in [2.24, 2.45) is 0 Å². The predicted octanol–water partition coefficient (Wildman–Crippen LogP) is 21.6. The van der Waals surface area contributed by atoms with Gasteiger partial charge in [0.15, 0.2) is 0 Å². The summed E-state index contributed by atoms with van der Waals surface area (Å²) in [6, 6.07) is 0. The maximum Gasteiger partial charge on any atom is 1.00 e. The smallest absolute Gasteiger partial charge is 0.813 e. The van der Waals surface area contributed by atoms with Crippen LogP contribution in [0.5, 0.6) is 0 Å². The molecule has 0 N–H and O–H groups in total. The van der Waals surface area contributed by atoms with E-state index in [1.807, 2.05) is 0 Å². The van der Waals surface area contributed by atoms with Crippen LogP contribution in [0.2, 0.25) is 0 Å². The van der Waals surface area contributed by atoms with Crippen molar-refractivity contribution in [3.63, 3.8) is 0 Å². The van der Waals surface area contributed by atoms with E-state index in [0.29, 0.717) is 38.5 Å². The quantitative estimate of drug-likeness (QED) is 0.0117. The molecule has 0 unspecified atom stereocenters. The van der Waals surface area contributed by atoms with Crippen LogP contribution in [0.15, 0.2) is 0 Å². The fraction of sp³-hybridized carbons (Fsp3) is 0.949. The predicted molar refractivity (Wildman–Crippen MR) is 403 cm³/mol. The van der Waals surface area contributed by atoms with Gasteiger partial charge in [-0.3, -0.25) is 23.4 Å². The number of hydrogen-bond donors (Lipinski definition) is 1. The zero-order valence-corrected chi connectivity index (χ0v) is 68.3. The summed E-state index contributed by atoms with van der Waals surface area (Å²) >= 11 is 4.77. The molecule has 94 heavy (non-hydrogen) atoms. The molecule has 0 aliphatic rings. The van der Waals surface area contributed by atoms with Gasteiger partial charge in [-0.15, -0.1) is 0 Å². The van der Waals surface area contributed by atoms with Gasteiger partial charge in [0.05, 0.1) is 12.4 Å². The number of carbonyl (C=O) groups excluding carboxylic acids is 4. The third-order valence-electron chi connectivity index (χ3n) is 18.2. The third-order valence-corrected chi connectivity index (χ3v) is 19.3. The summed E-state index contributed by atoms with van der Waals surface area (Å²) in [6.45, 7) is 17.8. The first-order chi connectivity index (χ1) is 44.6. The van der Waals surface area contributed by atoms with Crippen molar-refractivity contribution >= 4 is 60.1 Å². The second-order valence-corrected chi connectivity index (χ2v) is 30.0. The van der Waals surface area contributed by atoms with Gasteiger partial charge >= 0.3 is 53.4 Å². The summed E-state index contributed by atoms with van der Waals surface area (Å²) in [5, 5.41) is 0.205. The fourth-order valence-corrected chi connectivity index (χ4v) is 13.4. The molecule has 0 aliphatic carbocycles. The van der Waals surface area contributed by atoms with Gasteiger partial charge in [0, 0.05) is 30.9 Å². The van der Waals surface area contributed by atoms with Gasteiger partial charge in [0.1, 0.15) is 24.4 Å². The van der Waals surface area contributed by atoms with Crippen molar-refractivity contribution in [3.05, 3.63) is 0 Å². The average Bonchev–Trinajstić information content (AvgIpc) is 3.75. The zero-order valence-electron chi connectivity index (χ0n) is 63.7. The van der Waals surface area contributed by atoms with Crippen LogP contribution in [-0.4, -0.2) is 74.3 Å². The number of thiol groups is 2. The molecule has 556 valence electrons. The van der Waals surface area contributed by atoms with E-state index in [-0.39, 0.29) is 109 Å². The van der Waals surface area contributed by atoms with Crippen LogP contribution < -0.4 is 29.6 Å². The van der Waals surface area contributed by atoms with Gasteiger partial charge in [-0.05, 0) is 154 Å². The second kappa shape index (κ2) is 76.7. The largest absolute Gasteiger partial charge is 1.00 e. The number of hydrogen-bond acceptors (Lipinski definition) is 13. The molecule has 0 bridgehead atoms. The number of ether oxygens (including phenoxy) is 4. The van der Waals surface area contributed by atoms with Gasteiger partial charge in [-0.2, -0.15) is 21.0 Å². The maximum atomic E-state index is 12.8. The molecular formula is C79H155NaO11S3. The molecule has 15 heteroatoms. The molecule has 0 rings (SSSR count). The van der Waals surface area contributed by atoms with E-state index in [1.54, 1.807) is 0 Å². The normalized spacial score (nSPS) is 11.6. The van der Waals surface area contributed by atoms with Crippen molar-refractivity contribution in [1.29, 1.82) is 0 Å². The molecule has 0 radical (unpaired) electrons. The molecule has 0 heterocycles. The van der Waals surface area contributed by atoms with Crippen LogP contribution in [0.25, 0.3) is 0 Å². The molecule has 11 nitrogen and oxygen atoms in total. The number of unbranched alkanes of at least 4 members (excludes halogenated alkanes) is 32. The van der Waals surface area contributed by atoms with Crippen molar-refractivity contribution < 1.29 is 80.3 Å². The molecule has 0 atom stereocenters. The second-order valence-electron chi connectivity index (χ2n) is 27.7. The average molecular weight is 1400 g/mol. The van der Waals surface area contributed by atoms with Crippen LogP contribution in [0.1, 0.15) is 441 Å². The molecular weight excluding hydrogens is 1240 g/mol. The van der Waals surface area contributed by atoms with Crippen LogP contribution in [0.4, 0.5) is 0 Å². The van der Waals surface area contributed by atoms with E-state index in [1.165, 1.54) is 205 Å². The minimum atomic E-state index is -3.66. The Morgan fingerprint density at radius 3 is 0.596 bits per heavy atom. The Kier molecular flexibility index (Phi) is 81.4. The molecule has 0 aromatic rings. The summed E-state index contributed by atoms with van der Waals surface area (Å²) in [4.78, 5) is 50.9. The summed E-state index contributed by atoms with van der Waals surface area (Å²) in [7, 11) is -3.66. The van der Waals surface area contributed by atoms with E-state index >= 15 is 0 Å². The molecule has 0 saturated heterocycles. The monoisotopic (exact) mass is 1400 g/mol. The standard InChI is InChI=1S/C40H78O7S.C39H76O4S.Na.H2S/c1-6-10-14-18-22-28-36(29-23-19-15-11-7-2)45-39(41)34-26-32-38(47-48(5,43)44)33-27-35-40(42)46-37(30-24-20-16-12-8-3)31-25-21-17-13-9-4;1-5-9-13-17-21-27-35(28-22-18-14-10-6-2)42-38(40)33-25-31-37(44)32-26-34-39(41)43-36(29-23-19-15-11-7-3)30-24-20-16-12-8-4;;/h36-38H,6-35H2,1-5H3;35-37,44H,5-34H2,1-4H3;;1H2/q;;+1;/p-1. The first kappa shape index (κ1) is 99.9. The summed E-state index contributed by atoms with van der Waals surface area (Å²) in [5.41, 5.74) is 0. The Bertz CT molecular complexity index is 1560. The minimum Gasteiger partial charge on any atom is -0.813 e. The molecule has 0 amide bonds. The third kappa shape index (κ3) is 74.2.